The summed E-state index contributed by atoms with van der Waals surface area (Å²) in [6.07, 6.45) is 6.98. The van der Waals surface area contributed by atoms with Crippen LogP contribution in [-0.2, 0) is 14.3 Å². The third kappa shape index (κ3) is 6.73. The first-order valence-corrected chi connectivity index (χ1v) is 9.89. The van der Waals surface area contributed by atoms with E-state index in [9.17, 15) is 14.9 Å². The second-order valence-corrected chi connectivity index (χ2v) is 6.92. The zero-order valence-electron chi connectivity index (χ0n) is 16.6. The maximum Gasteiger partial charge on any atom is 0.349 e. The summed E-state index contributed by atoms with van der Waals surface area (Å²) in [7, 11) is 0. The average molecular weight is 384 g/mol. The van der Waals surface area contributed by atoms with Gasteiger partial charge in [0.15, 0.2) is 6.10 Å². The SMILES string of the molecule is CCOc1ccc(/C=C(\C#N)C(=O)O[C@@H](C)C(=O)NC2CCCCCC2)cc1. The highest BCUT2D eigenvalue weighted by Gasteiger charge is 2.23. The summed E-state index contributed by atoms with van der Waals surface area (Å²) < 4.78 is 10.6. The Bertz CT molecular complexity index is 726. The number of carbonyl (C=O) groups is 2. The quantitative estimate of drug-likeness (QED) is 0.335. The summed E-state index contributed by atoms with van der Waals surface area (Å²) in [5.74, 6) is -0.414. The molecule has 1 aromatic rings. The number of hydrogen-bond acceptors (Lipinski definition) is 5. The normalized spacial score (nSPS) is 16.4. The molecular weight excluding hydrogens is 356 g/mol. The van der Waals surface area contributed by atoms with Gasteiger partial charge in [-0.2, -0.15) is 5.26 Å². The van der Waals surface area contributed by atoms with Crippen LogP contribution in [0.5, 0.6) is 5.75 Å². The summed E-state index contributed by atoms with van der Waals surface area (Å²) in [4.78, 5) is 24.6. The number of carbonyl (C=O) groups excluding carboxylic acids is 2. The van der Waals surface area contributed by atoms with Gasteiger partial charge >= 0.3 is 5.97 Å². The van der Waals surface area contributed by atoms with Crippen LogP contribution in [0.25, 0.3) is 6.08 Å². The molecule has 0 spiro atoms. The number of ether oxygens (including phenoxy) is 2. The van der Waals surface area contributed by atoms with Crippen LogP contribution < -0.4 is 10.1 Å². The van der Waals surface area contributed by atoms with Crippen LogP contribution in [0.1, 0.15) is 57.9 Å². The molecule has 28 heavy (non-hydrogen) atoms. The van der Waals surface area contributed by atoms with Crippen LogP contribution in [0.4, 0.5) is 0 Å². The minimum atomic E-state index is -0.951. The number of esters is 1. The Morgan fingerprint density at radius 1 is 1.21 bits per heavy atom. The highest BCUT2D eigenvalue weighted by atomic mass is 16.5. The zero-order valence-corrected chi connectivity index (χ0v) is 16.6. The third-order valence-corrected chi connectivity index (χ3v) is 4.70. The van der Waals surface area contributed by atoms with E-state index in [1.807, 2.05) is 13.0 Å². The predicted molar refractivity (Wildman–Crippen MR) is 106 cm³/mol. The average Bonchev–Trinajstić information content (AvgIpc) is 2.96. The van der Waals surface area contributed by atoms with Gasteiger partial charge in [0.05, 0.1) is 6.61 Å². The Labute approximate surface area is 166 Å². The molecule has 1 saturated carbocycles. The molecule has 0 bridgehead atoms. The van der Waals surface area contributed by atoms with E-state index in [-0.39, 0.29) is 17.5 Å². The molecule has 1 N–H and O–H groups in total. The number of amides is 1. The molecule has 1 fully saturated rings. The lowest BCUT2D eigenvalue weighted by atomic mass is 10.1. The lowest BCUT2D eigenvalue weighted by Gasteiger charge is -2.19. The molecule has 150 valence electrons. The van der Waals surface area contributed by atoms with Crippen molar-refractivity contribution in [3.63, 3.8) is 0 Å². The number of nitrogens with zero attached hydrogens (tertiary/aromatic N) is 1. The first-order chi connectivity index (χ1) is 13.5. The molecule has 1 aliphatic carbocycles. The molecule has 1 aliphatic rings. The molecule has 0 aromatic heterocycles. The van der Waals surface area contributed by atoms with Gasteiger partial charge in [0.2, 0.25) is 0 Å². The molecule has 1 amide bonds. The second-order valence-electron chi connectivity index (χ2n) is 6.92. The van der Waals surface area contributed by atoms with Crippen molar-refractivity contribution in [3.8, 4) is 11.8 Å². The van der Waals surface area contributed by atoms with Crippen molar-refractivity contribution in [1.82, 2.24) is 5.32 Å². The Hall–Kier alpha value is -2.81. The number of nitriles is 1. The van der Waals surface area contributed by atoms with Crippen LogP contribution in [0.3, 0.4) is 0 Å². The van der Waals surface area contributed by atoms with Gasteiger partial charge in [-0.1, -0.05) is 37.8 Å². The van der Waals surface area contributed by atoms with E-state index in [4.69, 9.17) is 9.47 Å². The first-order valence-electron chi connectivity index (χ1n) is 9.89. The van der Waals surface area contributed by atoms with E-state index in [0.29, 0.717) is 17.9 Å². The third-order valence-electron chi connectivity index (χ3n) is 4.70. The predicted octanol–water partition coefficient (Wildman–Crippen LogP) is 3.76. The number of hydrogen-bond donors (Lipinski definition) is 1. The van der Waals surface area contributed by atoms with Crippen molar-refractivity contribution >= 4 is 18.0 Å². The molecule has 1 atom stereocenters. The molecule has 0 radical (unpaired) electrons. The van der Waals surface area contributed by atoms with Crippen LogP contribution in [0, 0.1) is 11.3 Å². The lowest BCUT2D eigenvalue weighted by Crippen LogP contribution is -2.42. The van der Waals surface area contributed by atoms with Crippen molar-refractivity contribution in [2.45, 2.75) is 64.5 Å². The highest BCUT2D eigenvalue weighted by molar-refractivity contribution is 5.99. The second kappa shape index (κ2) is 11.1. The minimum absolute atomic E-state index is 0.131. The standard InChI is InChI=1S/C22H28N2O4/c1-3-27-20-12-10-17(11-13-20)14-18(15-23)22(26)28-16(2)21(25)24-19-8-6-4-5-7-9-19/h10-14,16,19H,3-9H2,1-2H3,(H,24,25)/b18-14+/t16-/m0/s1. The summed E-state index contributed by atoms with van der Waals surface area (Å²) in [5, 5.41) is 12.3. The first kappa shape index (κ1) is 21.5. The topological polar surface area (TPSA) is 88.4 Å². The van der Waals surface area contributed by atoms with E-state index >= 15 is 0 Å². The van der Waals surface area contributed by atoms with Crippen LogP contribution in [0.2, 0.25) is 0 Å². The maximum absolute atomic E-state index is 12.3. The van der Waals surface area contributed by atoms with Gasteiger partial charge in [0.25, 0.3) is 5.91 Å². The molecule has 0 aliphatic heterocycles. The van der Waals surface area contributed by atoms with Crippen molar-refractivity contribution < 1.29 is 19.1 Å². The molecular formula is C22H28N2O4. The van der Waals surface area contributed by atoms with Gasteiger partial charge in [0.1, 0.15) is 17.4 Å². The van der Waals surface area contributed by atoms with Crippen molar-refractivity contribution in [2.75, 3.05) is 6.61 Å². The fourth-order valence-corrected chi connectivity index (χ4v) is 3.15. The van der Waals surface area contributed by atoms with Crippen molar-refractivity contribution in [1.29, 1.82) is 5.26 Å². The molecule has 6 nitrogen and oxygen atoms in total. The summed E-state index contributed by atoms with van der Waals surface area (Å²) in [5.41, 5.74) is 0.519. The Kier molecular flexibility index (Phi) is 8.54. The minimum Gasteiger partial charge on any atom is -0.494 e. The van der Waals surface area contributed by atoms with E-state index < -0.39 is 12.1 Å². The van der Waals surface area contributed by atoms with Gasteiger partial charge in [-0.15, -0.1) is 0 Å². The van der Waals surface area contributed by atoms with Crippen LogP contribution in [-0.4, -0.2) is 30.6 Å². The molecule has 2 rings (SSSR count). The zero-order chi connectivity index (χ0) is 20.4. The van der Waals surface area contributed by atoms with Crippen molar-refractivity contribution in [2.24, 2.45) is 0 Å². The van der Waals surface area contributed by atoms with E-state index in [2.05, 4.69) is 5.32 Å². The Morgan fingerprint density at radius 2 is 1.86 bits per heavy atom. The lowest BCUT2D eigenvalue weighted by molar-refractivity contribution is -0.151. The van der Waals surface area contributed by atoms with E-state index in [1.165, 1.54) is 25.8 Å². The molecule has 0 heterocycles. The van der Waals surface area contributed by atoms with Gasteiger partial charge < -0.3 is 14.8 Å². The van der Waals surface area contributed by atoms with Gasteiger partial charge in [-0.25, -0.2) is 4.79 Å². The molecule has 0 unspecified atom stereocenters. The Balaban J connectivity index is 1.94. The molecule has 0 saturated heterocycles. The summed E-state index contributed by atoms with van der Waals surface area (Å²) in [6.45, 7) is 3.98. The number of rotatable bonds is 7. The smallest absolute Gasteiger partial charge is 0.349 e. The summed E-state index contributed by atoms with van der Waals surface area (Å²) in [6, 6.07) is 9.00. The maximum atomic E-state index is 12.3. The highest BCUT2D eigenvalue weighted by Crippen LogP contribution is 2.18. The van der Waals surface area contributed by atoms with Gasteiger partial charge in [0, 0.05) is 6.04 Å². The summed E-state index contributed by atoms with van der Waals surface area (Å²) >= 11 is 0. The van der Waals surface area contributed by atoms with Crippen molar-refractivity contribution in [3.05, 3.63) is 35.4 Å². The number of benzene rings is 1. The van der Waals surface area contributed by atoms with E-state index in [0.717, 1.165) is 25.7 Å². The fraction of sp³-hybridized carbons (Fsp3) is 0.500. The molecule has 1 aromatic carbocycles. The van der Waals surface area contributed by atoms with Gasteiger partial charge in [-0.05, 0) is 50.5 Å². The Morgan fingerprint density at radius 3 is 2.43 bits per heavy atom. The van der Waals surface area contributed by atoms with Gasteiger partial charge in [-0.3, -0.25) is 4.79 Å². The monoisotopic (exact) mass is 384 g/mol. The largest absolute Gasteiger partial charge is 0.494 e. The molecule has 6 heteroatoms. The van der Waals surface area contributed by atoms with Crippen LogP contribution in [0.15, 0.2) is 29.8 Å². The van der Waals surface area contributed by atoms with Crippen LogP contribution >= 0.6 is 0 Å². The van der Waals surface area contributed by atoms with E-state index in [1.54, 1.807) is 24.3 Å². The number of nitrogens with one attached hydrogen (secondary N) is 1. The fourth-order valence-electron chi connectivity index (χ4n) is 3.15.